The van der Waals surface area contributed by atoms with E-state index in [1.54, 1.807) is 0 Å². The molecule has 3 aromatic carbocycles. The van der Waals surface area contributed by atoms with Crippen LogP contribution in [-0.4, -0.2) is 53.4 Å². The van der Waals surface area contributed by atoms with Crippen molar-refractivity contribution in [1.29, 1.82) is 0 Å². The maximum absolute atomic E-state index is 11.0. The van der Waals surface area contributed by atoms with Gasteiger partial charge in [-0.05, 0) is 55.5 Å². The summed E-state index contributed by atoms with van der Waals surface area (Å²) in [6.07, 6.45) is -0.424. The minimum absolute atomic E-state index is 0.424. The summed E-state index contributed by atoms with van der Waals surface area (Å²) < 4.78 is 4.39. The second-order valence-corrected chi connectivity index (χ2v) is 10.5. The van der Waals surface area contributed by atoms with Crippen LogP contribution in [0.15, 0.2) is 69.6 Å². The number of rotatable bonds is 5. The lowest BCUT2D eigenvalue weighted by Gasteiger charge is -2.37. The number of aliphatic hydroxyl groups is 1. The molecule has 0 spiro atoms. The fourth-order valence-corrected chi connectivity index (χ4v) is 5.48. The van der Waals surface area contributed by atoms with Crippen molar-refractivity contribution in [3.05, 3.63) is 75.2 Å². The Morgan fingerprint density at radius 3 is 1.91 bits per heavy atom. The van der Waals surface area contributed by atoms with E-state index in [1.165, 1.54) is 22.0 Å². The van der Waals surface area contributed by atoms with E-state index in [2.05, 4.69) is 114 Å². The minimum atomic E-state index is -0.424. The zero-order valence-corrected chi connectivity index (χ0v) is 21.3. The number of nitrogens with zero attached hydrogens (tertiary/aromatic N) is 3. The first-order valence-corrected chi connectivity index (χ1v) is 12.7. The summed E-state index contributed by atoms with van der Waals surface area (Å²) in [7, 11) is 0. The second kappa shape index (κ2) is 9.18. The summed E-state index contributed by atoms with van der Waals surface area (Å²) in [5.41, 5.74) is 4.90. The Hall–Kier alpha value is -1.86. The molecular formula is C26H27Br2N3O. The molecule has 1 atom stereocenters. The van der Waals surface area contributed by atoms with Gasteiger partial charge < -0.3 is 14.6 Å². The van der Waals surface area contributed by atoms with Crippen LogP contribution < -0.4 is 4.90 Å². The number of benzene rings is 3. The molecule has 0 saturated carbocycles. The molecule has 1 saturated heterocycles. The van der Waals surface area contributed by atoms with Gasteiger partial charge in [0, 0.05) is 69.2 Å². The van der Waals surface area contributed by atoms with Gasteiger partial charge in [0.25, 0.3) is 0 Å². The Balaban J connectivity index is 1.29. The highest BCUT2D eigenvalue weighted by atomic mass is 79.9. The van der Waals surface area contributed by atoms with Crippen LogP contribution in [0.5, 0.6) is 0 Å². The fourth-order valence-electron chi connectivity index (χ4n) is 4.76. The number of halogens is 2. The Labute approximate surface area is 205 Å². The van der Waals surface area contributed by atoms with Gasteiger partial charge in [-0.25, -0.2) is 0 Å². The third kappa shape index (κ3) is 4.46. The molecule has 1 aliphatic heterocycles. The van der Waals surface area contributed by atoms with E-state index in [4.69, 9.17) is 0 Å². The summed E-state index contributed by atoms with van der Waals surface area (Å²) in [5, 5.41) is 13.4. The zero-order valence-electron chi connectivity index (χ0n) is 18.1. The van der Waals surface area contributed by atoms with E-state index < -0.39 is 6.10 Å². The van der Waals surface area contributed by atoms with Crippen LogP contribution >= 0.6 is 31.9 Å². The number of fused-ring (bicyclic) bond motifs is 3. The molecular weight excluding hydrogens is 530 g/mol. The van der Waals surface area contributed by atoms with E-state index >= 15 is 0 Å². The largest absolute Gasteiger partial charge is 0.390 e. The molecule has 0 unspecified atom stereocenters. The van der Waals surface area contributed by atoms with Crippen LogP contribution in [0.25, 0.3) is 21.8 Å². The van der Waals surface area contributed by atoms with Crippen molar-refractivity contribution >= 4 is 59.4 Å². The highest BCUT2D eigenvalue weighted by Crippen LogP contribution is 2.33. The predicted octanol–water partition coefficient (Wildman–Crippen LogP) is 5.81. The fraction of sp³-hybridized carbons (Fsp3) is 0.308. The van der Waals surface area contributed by atoms with Crippen LogP contribution in [-0.2, 0) is 6.54 Å². The maximum Gasteiger partial charge on any atom is 0.0845 e. The van der Waals surface area contributed by atoms with E-state index in [0.717, 1.165) is 46.2 Å². The average Bonchev–Trinajstić information content (AvgIpc) is 3.07. The Bertz CT molecular complexity index is 1180. The third-order valence-electron chi connectivity index (χ3n) is 6.42. The van der Waals surface area contributed by atoms with E-state index in [-0.39, 0.29) is 0 Å². The number of hydrogen-bond donors (Lipinski definition) is 1. The molecule has 4 aromatic rings. The molecule has 1 fully saturated rings. The van der Waals surface area contributed by atoms with E-state index in [9.17, 15) is 5.11 Å². The average molecular weight is 557 g/mol. The minimum Gasteiger partial charge on any atom is -0.390 e. The number of β-amino-alcohol motifs (C(OH)–C–C–N with tert-alkyl or cyclic N) is 1. The molecule has 0 aliphatic carbocycles. The van der Waals surface area contributed by atoms with Crippen LogP contribution in [0.4, 0.5) is 5.69 Å². The van der Waals surface area contributed by atoms with Crippen LogP contribution in [0.3, 0.4) is 0 Å². The lowest BCUT2D eigenvalue weighted by Crippen LogP contribution is -2.49. The number of aliphatic hydroxyl groups excluding tert-OH is 1. The molecule has 1 aromatic heterocycles. The SMILES string of the molecule is Cc1ccc(N2CCN(C[C@@H](O)Cn3c4ccc(Br)cc4c4cc(Br)ccc43)CC2)cc1. The highest BCUT2D eigenvalue weighted by Gasteiger charge is 2.21. The third-order valence-corrected chi connectivity index (χ3v) is 7.41. The zero-order chi connectivity index (χ0) is 22.2. The van der Waals surface area contributed by atoms with E-state index in [0.29, 0.717) is 13.1 Å². The van der Waals surface area contributed by atoms with Gasteiger partial charge in [0.15, 0.2) is 0 Å². The van der Waals surface area contributed by atoms with Gasteiger partial charge >= 0.3 is 0 Å². The van der Waals surface area contributed by atoms with Crippen LogP contribution in [0.2, 0.25) is 0 Å². The molecule has 4 nitrogen and oxygen atoms in total. The summed E-state index contributed by atoms with van der Waals surface area (Å²) in [6, 6.07) is 21.5. The highest BCUT2D eigenvalue weighted by molar-refractivity contribution is 9.10. The first-order valence-electron chi connectivity index (χ1n) is 11.1. The lowest BCUT2D eigenvalue weighted by molar-refractivity contribution is 0.0969. The monoisotopic (exact) mass is 555 g/mol. The molecule has 1 N–H and O–H groups in total. The second-order valence-electron chi connectivity index (χ2n) is 8.71. The molecule has 1 aliphatic rings. The van der Waals surface area contributed by atoms with Gasteiger partial charge in [-0.1, -0.05) is 49.6 Å². The van der Waals surface area contributed by atoms with Gasteiger partial charge in [0.05, 0.1) is 12.6 Å². The van der Waals surface area contributed by atoms with Crippen molar-refractivity contribution in [3.8, 4) is 0 Å². The molecule has 2 heterocycles. The number of piperazine rings is 1. The summed E-state index contributed by atoms with van der Waals surface area (Å²) in [5.74, 6) is 0. The van der Waals surface area contributed by atoms with Crippen LogP contribution in [0.1, 0.15) is 5.56 Å². The van der Waals surface area contributed by atoms with Crippen molar-refractivity contribution < 1.29 is 5.11 Å². The number of aromatic nitrogens is 1. The summed E-state index contributed by atoms with van der Waals surface area (Å²) >= 11 is 7.21. The standard InChI is InChI=1S/C26H27Br2N3O/c1-18-2-6-21(7-3-18)30-12-10-29(11-13-30)16-22(32)17-31-25-8-4-19(27)14-23(25)24-15-20(28)5-9-26(24)31/h2-9,14-15,22,32H,10-13,16-17H2,1H3/t22-/m1/s1. The van der Waals surface area contributed by atoms with Gasteiger partial charge in [-0.2, -0.15) is 0 Å². The summed E-state index contributed by atoms with van der Waals surface area (Å²) in [4.78, 5) is 4.82. The first kappa shape index (κ1) is 22.0. The van der Waals surface area contributed by atoms with Gasteiger partial charge in [-0.15, -0.1) is 0 Å². The summed E-state index contributed by atoms with van der Waals surface area (Å²) in [6.45, 7) is 7.33. The molecule has 166 valence electrons. The molecule has 0 amide bonds. The van der Waals surface area contributed by atoms with Crippen molar-refractivity contribution in [2.24, 2.45) is 0 Å². The predicted molar refractivity (Wildman–Crippen MR) is 141 cm³/mol. The van der Waals surface area contributed by atoms with E-state index in [1.807, 2.05) is 0 Å². The maximum atomic E-state index is 11.0. The lowest BCUT2D eigenvalue weighted by atomic mass is 10.2. The Morgan fingerprint density at radius 2 is 1.34 bits per heavy atom. The van der Waals surface area contributed by atoms with Gasteiger partial charge in [-0.3, -0.25) is 4.90 Å². The normalized spacial score (nSPS) is 16.2. The molecule has 32 heavy (non-hydrogen) atoms. The smallest absolute Gasteiger partial charge is 0.0845 e. The Morgan fingerprint density at radius 1 is 0.781 bits per heavy atom. The number of aryl methyl sites for hydroxylation is 1. The van der Waals surface area contributed by atoms with Crippen LogP contribution in [0, 0.1) is 6.92 Å². The van der Waals surface area contributed by atoms with Crippen molar-refractivity contribution in [1.82, 2.24) is 9.47 Å². The first-order chi connectivity index (χ1) is 15.5. The van der Waals surface area contributed by atoms with Crippen molar-refractivity contribution in [2.45, 2.75) is 19.6 Å². The number of anilines is 1. The molecule has 0 radical (unpaired) electrons. The van der Waals surface area contributed by atoms with Crippen molar-refractivity contribution in [3.63, 3.8) is 0 Å². The van der Waals surface area contributed by atoms with Gasteiger partial charge in [0.2, 0.25) is 0 Å². The quantitative estimate of drug-likeness (QED) is 0.336. The topological polar surface area (TPSA) is 31.6 Å². The molecule has 5 rings (SSSR count). The molecule has 0 bridgehead atoms. The van der Waals surface area contributed by atoms with Crippen molar-refractivity contribution in [2.75, 3.05) is 37.6 Å². The number of hydrogen-bond acceptors (Lipinski definition) is 3. The molecule has 6 heteroatoms. The Kier molecular flexibility index (Phi) is 6.30. The van der Waals surface area contributed by atoms with Gasteiger partial charge in [0.1, 0.15) is 0 Å².